The van der Waals surface area contributed by atoms with Gasteiger partial charge in [-0.05, 0) is 45.8 Å². The van der Waals surface area contributed by atoms with Crippen molar-refractivity contribution in [3.05, 3.63) is 17.6 Å². The highest BCUT2D eigenvalue weighted by atomic mass is 15.3. The Balaban J connectivity index is 1.68. The molecule has 0 radical (unpaired) electrons. The summed E-state index contributed by atoms with van der Waals surface area (Å²) in [6.07, 6.45) is 3.98. The highest BCUT2D eigenvalue weighted by Gasteiger charge is 2.28. The van der Waals surface area contributed by atoms with Crippen molar-refractivity contribution in [2.75, 3.05) is 38.5 Å². The Labute approximate surface area is 121 Å². The molecule has 20 heavy (non-hydrogen) atoms. The SMILES string of the molecule is CNc1cc(C)nc(CN2CCCN3CCCC3C2)n1. The largest absolute Gasteiger partial charge is 0.373 e. The van der Waals surface area contributed by atoms with Gasteiger partial charge in [0.25, 0.3) is 0 Å². The second-order valence-electron chi connectivity index (χ2n) is 5.98. The summed E-state index contributed by atoms with van der Waals surface area (Å²) < 4.78 is 0. The minimum absolute atomic E-state index is 0.756. The fourth-order valence-corrected chi connectivity index (χ4v) is 3.46. The lowest BCUT2D eigenvalue weighted by Crippen LogP contribution is -2.36. The topological polar surface area (TPSA) is 44.3 Å². The number of hydrogen-bond donors (Lipinski definition) is 1. The molecule has 0 spiro atoms. The standard InChI is InChI=1S/C15H25N5/c1-12-9-14(16-2)18-15(17-12)11-19-6-4-8-20-7-3-5-13(20)10-19/h9,13H,3-8,10-11H2,1-2H3,(H,16,17,18). The van der Waals surface area contributed by atoms with Gasteiger partial charge in [-0.1, -0.05) is 0 Å². The number of nitrogens with zero attached hydrogens (tertiary/aromatic N) is 4. The van der Waals surface area contributed by atoms with E-state index in [0.717, 1.165) is 29.9 Å². The molecule has 0 aliphatic carbocycles. The van der Waals surface area contributed by atoms with Gasteiger partial charge in [-0.3, -0.25) is 9.80 Å². The Morgan fingerprint density at radius 1 is 1.25 bits per heavy atom. The molecule has 3 rings (SSSR count). The molecule has 1 unspecified atom stereocenters. The average Bonchev–Trinajstić information content (AvgIpc) is 2.77. The highest BCUT2D eigenvalue weighted by molar-refractivity contribution is 5.34. The maximum atomic E-state index is 4.59. The van der Waals surface area contributed by atoms with Gasteiger partial charge in [0, 0.05) is 31.4 Å². The van der Waals surface area contributed by atoms with Crippen LogP contribution in [-0.4, -0.2) is 59.0 Å². The van der Waals surface area contributed by atoms with Crippen LogP contribution in [0.5, 0.6) is 0 Å². The molecule has 2 fully saturated rings. The van der Waals surface area contributed by atoms with Gasteiger partial charge in [0.05, 0.1) is 6.54 Å². The maximum absolute atomic E-state index is 4.59. The van der Waals surface area contributed by atoms with Crippen molar-refractivity contribution >= 4 is 5.82 Å². The minimum Gasteiger partial charge on any atom is -0.373 e. The summed E-state index contributed by atoms with van der Waals surface area (Å²) in [5, 5.41) is 3.12. The molecular formula is C15H25N5. The number of aromatic nitrogens is 2. The molecule has 2 aliphatic heterocycles. The van der Waals surface area contributed by atoms with E-state index >= 15 is 0 Å². The minimum atomic E-state index is 0.756. The third-order valence-corrected chi connectivity index (χ3v) is 4.41. The monoisotopic (exact) mass is 275 g/mol. The van der Waals surface area contributed by atoms with E-state index in [1.165, 1.54) is 45.4 Å². The second kappa shape index (κ2) is 6.06. The van der Waals surface area contributed by atoms with Gasteiger partial charge >= 0.3 is 0 Å². The molecule has 0 aromatic carbocycles. The first kappa shape index (κ1) is 13.8. The summed E-state index contributed by atoms with van der Waals surface area (Å²) in [4.78, 5) is 14.4. The predicted octanol–water partition coefficient (Wildman–Crippen LogP) is 1.50. The number of anilines is 1. The number of aryl methyl sites for hydroxylation is 1. The molecule has 1 atom stereocenters. The van der Waals surface area contributed by atoms with Crippen molar-refractivity contribution in [1.29, 1.82) is 0 Å². The fourth-order valence-electron chi connectivity index (χ4n) is 3.46. The maximum Gasteiger partial charge on any atom is 0.144 e. The molecular weight excluding hydrogens is 250 g/mol. The molecule has 0 amide bonds. The van der Waals surface area contributed by atoms with Gasteiger partial charge < -0.3 is 5.32 Å². The van der Waals surface area contributed by atoms with E-state index in [1.807, 2.05) is 20.0 Å². The van der Waals surface area contributed by atoms with Crippen LogP contribution in [0.2, 0.25) is 0 Å². The lowest BCUT2D eigenvalue weighted by molar-refractivity contribution is 0.212. The molecule has 0 saturated carbocycles. The predicted molar refractivity (Wildman–Crippen MR) is 80.8 cm³/mol. The van der Waals surface area contributed by atoms with Crippen molar-refractivity contribution in [2.45, 2.75) is 38.8 Å². The van der Waals surface area contributed by atoms with Crippen LogP contribution < -0.4 is 5.32 Å². The summed E-state index contributed by atoms with van der Waals surface area (Å²) in [6.45, 7) is 7.81. The van der Waals surface area contributed by atoms with Crippen LogP contribution in [0.25, 0.3) is 0 Å². The molecule has 1 N–H and O–H groups in total. The molecule has 5 heteroatoms. The molecule has 3 heterocycles. The first-order valence-electron chi connectivity index (χ1n) is 7.73. The van der Waals surface area contributed by atoms with Crippen LogP contribution >= 0.6 is 0 Å². The zero-order valence-corrected chi connectivity index (χ0v) is 12.6. The zero-order chi connectivity index (χ0) is 13.9. The normalized spacial score (nSPS) is 24.4. The van der Waals surface area contributed by atoms with E-state index in [1.54, 1.807) is 0 Å². The quantitative estimate of drug-likeness (QED) is 0.905. The van der Waals surface area contributed by atoms with E-state index in [4.69, 9.17) is 0 Å². The van der Waals surface area contributed by atoms with Crippen molar-refractivity contribution in [3.8, 4) is 0 Å². The average molecular weight is 275 g/mol. The van der Waals surface area contributed by atoms with Crippen molar-refractivity contribution < 1.29 is 0 Å². The first-order valence-corrected chi connectivity index (χ1v) is 7.73. The fraction of sp³-hybridized carbons (Fsp3) is 0.733. The van der Waals surface area contributed by atoms with E-state index < -0.39 is 0 Å². The Bertz CT molecular complexity index is 462. The molecule has 0 bridgehead atoms. The lowest BCUT2D eigenvalue weighted by atomic mass is 10.2. The van der Waals surface area contributed by atoms with Crippen molar-refractivity contribution in [1.82, 2.24) is 19.8 Å². The Morgan fingerprint density at radius 3 is 2.95 bits per heavy atom. The van der Waals surface area contributed by atoms with E-state index in [9.17, 15) is 0 Å². The summed E-state index contributed by atoms with van der Waals surface area (Å²) in [5.74, 6) is 1.87. The van der Waals surface area contributed by atoms with Gasteiger partial charge in [-0.25, -0.2) is 9.97 Å². The van der Waals surface area contributed by atoms with Gasteiger partial charge in [0.15, 0.2) is 0 Å². The van der Waals surface area contributed by atoms with Crippen LogP contribution in [-0.2, 0) is 6.54 Å². The summed E-state index contributed by atoms with van der Waals surface area (Å²) >= 11 is 0. The van der Waals surface area contributed by atoms with Crippen LogP contribution in [0, 0.1) is 6.92 Å². The molecule has 1 aromatic rings. The Morgan fingerprint density at radius 2 is 2.10 bits per heavy atom. The Hall–Kier alpha value is -1.20. The van der Waals surface area contributed by atoms with Gasteiger partial charge in [-0.15, -0.1) is 0 Å². The number of hydrogen-bond acceptors (Lipinski definition) is 5. The van der Waals surface area contributed by atoms with Crippen molar-refractivity contribution in [2.24, 2.45) is 0 Å². The molecule has 2 saturated heterocycles. The lowest BCUT2D eigenvalue weighted by Gasteiger charge is -2.25. The van der Waals surface area contributed by atoms with Crippen LogP contribution in [0.3, 0.4) is 0 Å². The summed E-state index contributed by atoms with van der Waals surface area (Å²) in [7, 11) is 1.91. The van der Waals surface area contributed by atoms with Crippen LogP contribution in [0.4, 0.5) is 5.82 Å². The highest BCUT2D eigenvalue weighted by Crippen LogP contribution is 2.22. The van der Waals surface area contributed by atoms with Gasteiger partial charge in [0.2, 0.25) is 0 Å². The van der Waals surface area contributed by atoms with E-state index in [0.29, 0.717) is 0 Å². The number of rotatable bonds is 3. The van der Waals surface area contributed by atoms with Gasteiger partial charge in [0.1, 0.15) is 11.6 Å². The third kappa shape index (κ3) is 3.10. The van der Waals surface area contributed by atoms with Crippen molar-refractivity contribution in [3.63, 3.8) is 0 Å². The van der Waals surface area contributed by atoms with E-state index in [-0.39, 0.29) is 0 Å². The molecule has 1 aromatic heterocycles. The van der Waals surface area contributed by atoms with Crippen LogP contribution in [0.1, 0.15) is 30.8 Å². The first-order chi connectivity index (χ1) is 9.74. The molecule has 110 valence electrons. The van der Waals surface area contributed by atoms with Crippen LogP contribution in [0.15, 0.2) is 6.07 Å². The third-order valence-electron chi connectivity index (χ3n) is 4.41. The zero-order valence-electron chi connectivity index (χ0n) is 12.6. The van der Waals surface area contributed by atoms with E-state index in [2.05, 4.69) is 25.1 Å². The summed E-state index contributed by atoms with van der Waals surface area (Å²) in [5.41, 5.74) is 1.04. The molecule has 2 aliphatic rings. The molecule has 5 nitrogen and oxygen atoms in total. The number of fused-ring (bicyclic) bond motifs is 1. The summed E-state index contributed by atoms with van der Waals surface area (Å²) in [6, 6.07) is 2.75. The second-order valence-corrected chi connectivity index (χ2v) is 5.98. The van der Waals surface area contributed by atoms with Gasteiger partial charge in [-0.2, -0.15) is 0 Å². The number of nitrogens with one attached hydrogen (secondary N) is 1. The smallest absolute Gasteiger partial charge is 0.144 e. The Kier molecular flexibility index (Phi) is 4.17.